The number of hydrogen-bond acceptors (Lipinski definition) is 6. The number of aliphatic carboxylic acids is 1. The number of piperidine rings is 1. The Kier molecular flexibility index (Phi) is 9.40. The van der Waals surface area contributed by atoms with Crippen molar-refractivity contribution in [2.75, 3.05) is 30.3 Å². The van der Waals surface area contributed by atoms with Gasteiger partial charge in [-0.2, -0.15) is 0 Å². The molecule has 3 aromatic rings. The Morgan fingerprint density at radius 3 is 2.21 bits per heavy atom. The van der Waals surface area contributed by atoms with Crippen molar-refractivity contribution in [1.29, 1.82) is 0 Å². The van der Waals surface area contributed by atoms with Gasteiger partial charge < -0.3 is 25.2 Å². The van der Waals surface area contributed by atoms with Gasteiger partial charge in [-0.05, 0) is 106 Å². The number of hydrogen-bond donors (Lipinski definition) is 2. The number of carboxylic acids is 1. The van der Waals surface area contributed by atoms with Crippen molar-refractivity contribution in [1.82, 2.24) is 4.98 Å². The largest absolute Gasteiger partial charge is 0.493 e. The SMILES string of the molecule is Cc1cc(-c2c(N)nc(C)c([C@H](OC(C)(C)C)C(=O)O)c2N2CCC(C)(C)CC2)cc(C)c1OCCc1ccc(F)cc1. The summed E-state index contributed by atoms with van der Waals surface area (Å²) in [5, 5.41) is 10.4. The van der Waals surface area contributed by atoms with Gasteiger partial charge >= 0.3 is 5.97 Å². The van der Waals surface area contributed by atoms with Gasteiger partial charge in [-0.1, -0.05) is 26.0 Å². The quantitative estimate of drug-likeness (QED) is 0.265. The number of anilines is 2. The van der Waals surface area contributed by atoms with Gasteiger partial charge in [0.25, 0.3) is 0 Å². The number of rotatable bonds is 9. The summed E-state index contributed by atoms with van der Waals surface area (Å²) in [5.74, 6) is -0.186. The number of nitrogens with zero attached hydrogens (tertiary/aromatic N) is 2. The molecule has 7 nitrogen and oxygen atoms in total. The summed E-state index contributed by atoms with van der Waals surface area (Å²) in [6.45, 7) is 17.9. The van der Waals surface area contributed by atoms with E-state index in [0.29, 0.717) is 35.7 Å². The van der Waals surface area contributed by atoms with Gasteiger partial charge in [-0.15, -0.1) is 0 Å². The predicted octanol–water partition coefficient (Wildman–Crippen LogP) is 7.58. The molecular weight excluding hydrogens is 545 g/mol. The minimum atomic E-state index is -1.21. The molecule has 1 aliphatic rings. The van der Waals surface area contributed by atoms with Crippen molar-refractivity contribution >= 4 is 17.5 Å². The van der Waals surface area contributed by atoms with E-state index in [2.05, 4.69) is 23.7 Å². The number of halogens is 1. The number of pyridine rings is 1. The average Bonchev–Trinajstić information content (AvgIpc) is 2.89. The number of nitrogen functional groups attached to an aromatic ring is 1. The van der Waals surface area contributed by atoms with Gasteiger partial charge in [-0.3, -0.25) is 0 Å². The van der Waals surface area contributed by atoms with Gasteiger partial charge in [0.1, 0.15) is 17.4 Å². The summed E-state index contributed by atoms with van der Waals surface area (Å²) in [4.78, 5) is 19.7. The molecule has 0 bridgehead atoms. The first-order chi connectivity index (χ1) is 20.1. The van der Waals surface area contributed by atoms with E-state index in [9.17, 15) is 14.3 Å². The van der Waals surface area contributed by atoms with Crippen molar-refractivity contribution in [2.45, 2.75) is 86.4 Å². The van der Waals surface area contributed by atoms with Crippen LogP contribution < -0.4 is 15.4 Å². The molecule has 2 heterocycles. The van der Waals surface area contributed by atoms with Crippen LogP contribution in [0.5, 0.6) is 5.75 Å². The summed E-state index contributed by atoms with van der Waals surface area (Å²) in [5.41, 5.74) is 12.5. The molecule has 3 N–H and O–H groups in total. The zero-order valence-electron chi connectivity index (χ0n) is 26.8. The van der Waals surface area contributed by atoms with Gasteiger partial charge in [-0.25, -0.2) is 14.2 Å². The number of carbonyl (C=O) groups is 1. The Labute approximate surface area is 255 Å². The molecule has 1 atom stereocenters. The van der Waals surface area contributed by atoms with Crippen LogP contribution in [0.2, 0.25) is 0 Å². The fraction of sp³-hybridized carbons (Fsp3) is 0.486. The molecule has 1 aromatic heterocycles. The number of benzene rings is 2. The van der Waals surface area contributed by atoms with Crippen LogP contribution in [-0.4, -0.2) is 41.4 Å². The fourth-order valence-corrected chi connectivity index (χ4v) is 5.82. The van der Waals surface area contributed by atoms with Crippen LogP contribution in [0, 0.1) is 32.0 Å². The molecule has 0 aliphatic carbocycles. The zero-order valence-corrected chi connectivity index (χ0v) is 26.8. The van der Waals surface area contributed by atoms with Crippen molar-refractivity contribution in [3.63, 3.8) is 0 Å². The second kappa shape index (κ2) is 12.5. The van der Waals surface area contributed by atoms with Crippen LogP contribution in [0.1, 0.15) is 81.5 Å². The number of ether oxygens (including phenoxy) is 2. The first kappa shape index (κ1) is 32.3. The molecule has 4 rings (SSSR count). The lowest BCUT2D eigenvalue weighted by Crippen LogP contribution is -2.39. The summed E-state index contributed by atoms with van der Waals surface area (Å²) >= 11 is 0. The molecule has 43 heavy (non-hydrogen) atoms. The van der Waals surface area contributed by atoms with E-state index in [1.54, 1.807) is 12.1 Å². The topological polar surface area (TPSA) is 97.9 Å². The third-order valence-electron chi connectivity index (χ3n) is 8.12. The van der Waals surface area contributed by atoms with E-state index in [1.807, 2.05) is 53.7 Å². The second-order valence-corrected chi connectivity index (χ2v) is 13.5. The van der Waals surface area contributed by atoms with Gasteiger partial charge in [0.05, 0.1) is 17.9 Å². The summed E-state index contributed by atoms with van der Waals surface area (Å²) in [6, 6.07) is 10.5. The van der Waals surface area contributed by atoms with E-state index >= 15 is 0 Å². The number of carboxylic acid groups (broad SMARTS) is 1. The van der Waals surface area contributed by atoms with Crippen LogP contribution in [-0.2, 0) is 16.0 Å². The maximum absolute atomic E-state index is 13.3. The highest BCUT2D eigenvalue weighted by Gasteiger charge is 2.36. The van der Waals surface area contributed by atoms with Gasteiger partial charge in [0.15, 0.2) is 6.10 Å². The highest BCUT2D eigenvalue weighted by atomic mass is 19.1. The smallest absolute Gasteiger partial charge is 0.337 e. The molecule has 0 amide bonds. The first-order valence-electron chi connectivity index (χ1n) is 15.0. The minimum Gasteiger partial charge on any atom is -0.493 e. The van der Waals surface area contributed by atoms with Crippen LogP contribution in [0.15, 0.2) is 36.4 Å². The Hall–Kier alpha value is -3.65. The maximum Gasteiger partial charge on any atom is 0.337 e. The van der Waals surface area contributed by atoms with E-state index in [-0.39, 0.29) is 11.2 Å². The van der Waals surface area contributed by atoms with E-state index in [4.69, 9.17) is 15.2 Å². The Balaban J connectivity index is 1.80. The average molecular weight is 592 g/mol. The number of aryl methyl sites for hydroxylation is 3. The van der Waals surface area contributed by atoms with E-state index < -0.39 is 17.7 Å². The normalized spacial score (nSPS) is 15.8. The Morgan fingerprint density at radius 2 is 1.67 bits per heavy atom. The lowest BCUT2D eigenvalue weighted by Gasteiger charge is -2.41. The molecule has 0 saturated carbocycles. The summed E-state index contributed by atoms with van der Waals surface area (Å²) < 4.78 is 25.7. The third kappa shape index (κ3) is 7.66. The Morgan fingerprint density at radius 1 is 1.09 bits per heavy atom. The number of nitrogens with two attached hydrogens (primary N) is 1. The minimum absolute atomic E-state index is 0.193. The van der Waals surface area contributed by atoms with Crippen LogP contribution in [0.3, 0.4) is 0 Å². The summed E-state index contributed by atoms with van der Waals surface area (Å²) in [6.07, 6.45) is 1.36. The van der Waals surface area contributed by atoms with Crippen molar-refractivity contribution in [3.8, 4) is 16.9 Å². The van der Waals surface area contributed by atoms with E-state index in [1.165, 1.54) is 12.1 Å². The van der Waals surface area contributed by atoms with Gasteiger partial charge in [0, 0.05) is 36.3 Å². The molecule has 1 fully saturated rings. The Bertz CT molecular complexity index is 1440. The molecule has 8 heteroatoms. The van der Waals surface area contributed by atoms with Crippen molar-refractivity contribution < 1.29 is 23.8 Å². The summed E-state index contributed by atoms with van der Waals surface area (Å²) in [7, 11) is 0. The maximum atomic E-state index is 13.3. The molecule has 0 spiro atoms. The highest BCUT2D eigenvalue weighted by Crippen LogP contribution is 2.46. The zero-order chi connectivity index (χ0) is 31.7. The lowest BCUT2D eigenvalue weighted by atomic mass is 9.82. The molecule has 1 saturated heterocycles. The lowest BCUT2D eigenvalue weighted by molar-refractivity contribution is -0.160. The monoisotopic (exact) mass is 591 g/mol. The molecule has 232 valence electrons. The molecule has 1 aliphatic heterocycles. The molecular formula is C35H46FN3O4. The molecule has 0 unspecified atom stereocenters. The van der Waals surface area contributed by atoms with Crippen LogP contribution >= 0.6 is 0 Å². The standard InChI is InChI=1S/C35H46FN3O4/c1-21-19-25(20-22(2)30(21)42-18-13-24-9-11-26(36)12-10-24)28-29(39-16-14-35(7,8)15-17-39)27(23(3)38-32(28)37)31(33(40)41)43-34(4,5)6/h9-12,19-20,31H,13-18H2,1-8H3,(H2,37,38)(H,40,41)/t31-/m0/s1. The molecule has 2 aromatic carbocycles. The third-order valence-corrected chi connectivity index (χ3v) is 8.12. The van der Waals surface area contributed by atoms with Crippen molar-refractivity contribution in [3.05, 3.63) is 70.2 Å². The van der Waals surface area contributed by atoms with Crippen LogP contribution in [0.25, 0.3) is 11.1 Å². The predicted molar refractivity (Wildman–Crippen MR) is 170 cm³/mol. The van der Waals surface area contributed by atoms with Crippen molar-refractivity contribution in [2.24, 2.45) is 5.41 Å². The highest BCUT2D eigenvalue weighted by molar-refractivity contribution is 5.92. The van der Waals surface area contributed by atoms with E-state index in [0.717, 1.165) is 59.6 Å². The van der Waals surface area contributed by atoms with Crippen LogP contribution in [0.4, 0.5) is 15.9 Å². The number of aromatic nitrogens is 1. The second-order valence-electron chi connectivity index (χ2n) is 13.5. The van der Waals surface area contributed by atoms with Gasteiger partial charge in [0.2, 0.25) is 0 Å². The first-order valence-corrected chi connectivity index (χ1v) is 15.0. The fourth-order valence-electron chi connectivity index (χ4n) is 5.82. The molecule has 0 radical (unpaired) electrons.